The topological polar surface area (TPSA) is 85.6 Å². The average molecular weight is 384 g/mol. The Morgan fingerprint density at radius 3 is 2.55 bits per heavy atom. The number of carbonyl (C=O) groups excluding carboxylic acids is 1. The first-order chi connectivity index (χ1) is 14.1. The van der Waals surface area contributed by atoms with E-state index in [2.05, 4.69) is 32.5 Å². The van der Waals surface area contributed by atoms with Crippen molar-refractivity contribution in [1.82, 2.24) is 30.3 Å². The molecule has 0 spiro atoms. The molecule has 7 nitrogen and oxygen atoms in total. The number of hydrogen-bond acceptors (Lipinski definition) is 5. The molecule has 1 N–H and O–H groups in total. The Kier molecular flexibility index (Phi) is 5.11. The Morgan fingerprint density at radius 1 is 1.00 bits per heavy atom. The number of rotatable bonds is 5. The molecule has 0 unspecified atom stereocenters. The Hall–Kier alpha value is -3.87. The minimum absolute atomic E-state index is 0.255. The number of pyridine rings is 2. The van der Waals surface area contributed by atoms with Crippen LogP contribution in [0.3, 0.4) is 0 Å². The van der Waals surface area contributed by atoms with Crippen LogP contribution in [0, 0.1) is 13.8 Å². The van der Waals surface area contributed by atoms with Gasteiger partial charge in [-0.15, -0.1) is 5.10 Å². The van der Waals surface area contributed by atoms with Gasteiger partial charge in [0.2, 0.25) is 0 Å². The number of nitrogens with zero attached hydrogens (tertiary/aromatic N) is 5. The molecule has 0 saturated heterocycles. The quantitative estimate of drug-likeness (QED) is 0.571. The van der Waals surface area contributed by atoms with Crippen LogP contribution in [0.15, 0.2) is 67.1 Å². The molecule has 0 saturated carbocycles. The van der Waals surface area contributed by atoms with Crippen molar-refractivity contribution in [2.45, 2.75) is 20.4 Å². The summed E-state index contributed by atoms with van der Waals surface area (Å²) in [5, 5.41) is 11.4. The molecule has 0 aliphatic rings. The van der Waals surface area contributed by atoms with Gasteiger partial charge in [-0.05, 0) is 61.4 Å². The highest BCUT2D eigenvalue weighted by molar-refractivity contribution is 5.98. The van der Waals surface area contributed by atoms with Crippen molar-refractivity contribution in [3.8, 4) is 16.9 Å². The highest BCUT2D eigenvalue weighted by atomic mass is 16.2. The maximum atomic E-state index is 12.9. The van der Waals surface area contributed by atoms with Crippen molar-refractivity contribution >= 4 is 5.91 Å². The summed E-state index contributed by atoms with van der Waals surface area (Å²) in [6.45, 7) is 4.41. The summed E-state index contributed by atoms with van der Waals surface area (Å²) in [7, 11) is 0. The summed E-state index contributed by atoms with van der Waals surface area (Å²) in [6, 6.07) is 15.3. The number of hydrogen-bond donors (Lipinski definition) is 1. The lowest BCUT2D eigenvalue weighted by Gasteiger charge is -2.10. The third-order valence-corrected chi connectivity index (χ3v) is 4.73. The van der Waals surface area contributed by atoms with Crippen LogP contribution in [0.2, 0.25) is 0 Å². The molecule has 7 heteroatoms. The maximum absolute atomic E-state index is 12.9. The first kappa shape index (κ1) is 18.5. The lowest BCUT2D eigenvalue weighted by Crippen LogP contribution is -2.24. The molecule has 0 bridgehead atoms. The van der Waals surface area contributed by atoms with Gasteiger partial charge in [0.25, 0.3) is 5.91 Å². The van der Waals surface area contributed by atoms with Gasteiger partial charge in [0.05, 0.1) is 17.9 Å². The highest BCUT2D eigenvalue weighted by Crippen LogP contribution is 2.25. The smallest absolute Gasteiger partial charge is 0.274 e. The second kappa shape index (κ2) is 8.02. The van der Waals surface area contributed by atoms with E-state index in [4.69, 9.17) is 0 Å². The SMILES string of the molecule is Cc1ccc(-n2nnc(C(=O)NCc3ccccn3)c2-c2ccncc2)cc1C. The Bertz CT molecular complexity index is 1140. The van der Waals surface area contributed by atoms with E-state index in [1.807, 2.05) is 55.5 Å². The molecular weight excluding hydrogens is 364 g/mol. The van der Waals surface area contributed by atoms with Gasteiger partial charge in [-0.25, -0.2) is 4.68 Å². The van der Waals surface area contributed by atoms with E-state index in [-0.39, 0.29) is 11.6 Å². The summed E-state index contributed by atoms with van der Waals surface area (Å²) in [4.78, 5) is 21.2. The second-order valence-corrected chi connectivity index (χ2v) is 6.71. The van der Waals surface area contributed by atoms with Crippen molar-refractivity contribution in [3.63, 3.8) is 0 Å². The summed E-state index contributed by atoms with van der Waals surface area (Å²) < 4.78 is 1.69. The minimum Gasteiger partial charge on any atom is -0.345 e. The predicted molar refractivity (Wildman–Crippen MR) is 109 cm³/mol. The summed E-state index contributed by atoms with van der Waals surface area (Å²) in [5.41, 5.74) is 5.63. The molecule has 4 rings (SSSR count). The van der Waals surface area contributed by atoms with Gasteiger partial charge >= 0.3 is 0 Å². The fraction of sp³-hybridized carbons (Fsp3) is 0.136. The van der Waals surface area contributed by atoms with Crippen LogP contribution in [0.1, 0.15) is 27.3 Å². The fourth-order valence-corrected chi connectivity index (χ4v) is 3.00. The number of benzene rings is 1. The zero-order valence-corrected chi connectivity index (χ0v) is 16.2. The van der Waals surface area contributed by atoms with Gasteiger partial charge in [-0.1, -0.05) is 17.3 Å². The largest absolute Gasteiger partial charge is 0.345 e. The Labute approximate surface area is 168 Å². The lowest BCUT2D eigenvalue weighted by atomic mass is 10.1. The van der Waals surface area contributed by atoms with E-state index < -0.39 is 0 Å². The Morgan fingerprint density at radius 2 is 1.83 bits per heavy atom. The third-order valence-electron chi connectivity index (χ3n) is 4.73. The van der Waals surface area contributed by atoms with E-state index in [9.17, 15) is 4.79 Å². The third kappa shape index (κ3) is 3.89. The summed E-state index contributed by atoms with van der Waals surface area (Å²) in [6.07, 6.45) is 5.06. The molecule has 1 aromatic carbocycles. The van der Waals surface area contributed by atoms with Gasteiger partial charge in [-0.3, -0.25) is 14.8 Å². The molecule has 0 aliphatic carbocycles. The molecule has 0 atom stereocenters. The van der Waals surface area contributed by atoms with E-state index in [1.165, 1.54) is 5.56 Å². The number of nitrogens with one attached hydrogen (secondary N) is 1. The normalized spacial score (nSPS) is 10.7. The standard InChI is InChI=1S/C22H20N6O/c1-15-6-7-19(13-16(15)2)28-21(17-8-11-23-12-9-17)20(26-27-28)22(29)25-14-18-5-3-4-10-24-18/h3-13H,14H2,1-2H3,(H,25,29). The van der Waals surface area contributed by atoms with Crippen LogP contribution in [0.5, 0.6) is 0 Å². The Balaban J connectivity index is 1.73. The van der Waals surface area contributed by atoms with E-state index in [1.54, 1.807) is 23.3 Å². The molecule has 29 heavy (non-hydrogen) atoms. The zero-order chi connectivity index (χ0) is 20.2. The van der Waals surface area contributed by atoms with Gasteiger partial charge in [0.15, 0.2) is 5.69 Å². The van der Waals surface area contributed by atoms with E-state index in [0.717, 1.165) is 22.5 Å². The van der Waals surface area contributed by atoms with Crippen molar-refractivity contribution < 1.29 is 4.79 Å². The van der Waals surface area contributed by atoms with Crippen LogP contribution in [0.25, 0.3) is 16.9 Å². The van der Waals surface area contributed by atoms with Crippen molar-refractivity contribution in [3.05, 3.63) is 89.6 Å². The van der Waals surface area contributed by atoms with Crippen LogP contribution in [-0.2, 0) is 6.54 Å². The molecule has 144 valence electrons. The number of amides is 1. The van der Waals surface area contributed by atoms with Gasteiger partial charge in [0, 0.05) is 24.2 Å². The average Bonchev–Trinajstić information content (AvgIpc) is 3.20. The number of carbonyl (C=O) groups is 1. The van der Waals surface area contributed by atoms with Crippen LogP contribution >= 0.6 is 0 Å². The van der Waals surface area contributed by atoms with Gasteiger partial charge < -0.3 is 5.32 Å². The van der Waals surface area contributed by atoms with E-state index in [0.29, 0.717) is 12.2 Å². The predicted octanol–water partition coefficient (Wildman–Crippen LogP) is 3.27. The van der Waals surface area contributed by atoms with Crippen LogP contribution in [0.4, 0.5) is 0 Å². The second-order valence-electron chi connectivity index (χ2n) is 6.71. The van der Waals surface area contributed by atoms with Gasteiger partial charge in [0.1, 0.15) is 5.69 Å². The number of aryl methyl sites for hydroxylation is 2. The van der Waals surface area contributed by atoms with Crippen molar-refractivity contribution in [2.75, 3.05) is 0 Å². The van der Waals surface area contributed by atoms with Crippen molar-refractivity contribution in [2.24, 2.45) is 0 Å². The lowest BCUT2D eigenvalue weighted by molar-refractivity contribution is 0.0946. The minimum atomic E-state index is -0.308. The highest BCUT2D eigenvalue weighted by Gasteiger charge is 2.22. The van der Waals surface area contributed by atoms with E-state index >= 15 is 0 Å². The van der Waals surface area contributed by atoms with Crippen molar-refractivity contribution in [1.29, 1.82) is 0 Å². The number of aromatic nitrogens is 5. The van der Waals surface area contributed by atoms with Crippen LogP contribution < -0.4 is 5.32 Å². The summed E-state index contributed by atoms with van der Waals surface area (Å²) in [5.74, 6) is -0.308. The molecule has 1 amide bonds. The summed E-state index contributed by atoms with van der Waals surface area (Å²) >= 11 is 0. The molecule has 0 aliphatic heterocycles. The molecule has 4 aromatic rings. The van der Waals surface area contributed by atoms with Gasteiger partial charge in [-0.2, -0.15) is 0 Å². The molecule has 3 aromatic heterocycles. The first-order valence-corrected chi connectivity index (χ1v) is 9.25. The molecule has 3 heterocycles. The molecular formula is C22H20N6O. The molecule has 0 fully saturated rings. The fourth-order valence-electron chi connectivity index (χ4n) is 3.00. The van der Waals surface area contributed by atoms with Crippen LogP contribution in [-0.4, -0.2) is 30.9 Å². The monoisotopic (exact) mass is 384 g/mol. The molecule has 0 radical (unpaired) electrons. The first-order valence-electron chi connectivity index (χ1n) is 9.25. The zero-order valence-electron chi connectivity index (χ0n) is 16.2. The maximum Gasteiger partial charge on any atom is 0.274 e.